The van der Waals surface area contributed by atoms with Gasteiger partial charge in [-0.2, -0.15) is 0 Å². The molecule has 20 heavy (non-hydrogen) atoms. The van der Waals surface area contributed by atoms with Gasteiger partial charge in [-0.05, 0) is 45.1 Å². The minimum absolute atomic E-state index is 0.0448. The van der Waals surface area contributed by atoms with Gasteiger partial charge in [-0.3, -0.25) is 9.69 Å². The lowest BCUT2D eigenvalue weighted by Gasteiger charge is -2.46. The number of carbonyl (C=O) groups is 1. The Kier molecular flexibility index (Phi) is 5.44. The van der Waals surface area contributed by atoms with E-state index >= 15 is 0 Å². The SMILES string of the molecule is CC1CCCC(CN)(N(C)CC(=O)N2CCCCC2)C1. The lowest BCUT2D eigenvalue weighted by molar-refractivity contribution is -0.135. The van der Waals surface area contributed by atoms with E-state index in [1.807, 2.05) is 4.90 Å². The largest absolute Gasteiger partial charge is 0.342 e. The maximum absolute atomic E-state index is 12.4. The lowest BCUT2D eigenvalue weighted by Crippen LogP contribution is -2.57. The summed E-state index contributed by atoms with van der Waals surface area (Å²) in [5.41, 5.74) is 6.13. The van der Waals surface area contributed by atoms with Gasteiger partial charge in [-0.1, -0.05) is 19.8 Å². The highest BCUT2D eigenvalue weighted by Gasteiger charge is 2.38. The molecule has 2 N–H and O–H groups in total. The van der Waals surface area contributed by atoms with Gasteiger partial charge in [0.1, 0.15) is 0 Å². The van der Waals surface area contributed by atoms with Crippen LogP contribution in [0.3, 0.4) is 0 Å². The summed E-state index contributed by atoms with van der Waals surface area (Å²) < 4.78 is 0. The summed E-state index contributed by atoms with van der Waals surface area (Å²) in [6.07, 6.45) is 8.40. The molecule has 2 atom stereocenters. The molecule has 4 nitrogen and oxygen atoms in total. The first-order valence-corrected chi connectivity index (χ1v) is 8.26. The quantitative estimate of drug-likeness (QED) is 0.855. The zero-order valence-corrected chi connectivity index (χ0v) is 13.2. The molecule has 1 heterocycles. The number of likely N-dealkylation sites (N-methyl/N-ethyl adjacent to an activating group) is 1. The van der Waals surface area contributed by atoms with Crippen LogP contribution in [0.1, 0.15) is 51.9 Å². The topological polar surface area (TPSA) is 49.6 Å². The average molecular weight is 281 g/mol. The molecule has 2 unspecified atom stereocenters. The van der Waals surface area contributed by atoms with Crippen molar-refractivity contribution in [1.29, 1.82) is 0 Å². The van der Waals surface area contributed by atoms with Crippen LogP contribution in [0.5, 0.6) is 0 Å². The van der Waals surface area contributed by atoms with Crippen LogP contribution in [0.25, 0.3) is 0 Å². The van der Waals surface area contributed by atoms with E-state index in [0.717, 1.165) is 44.7 Å². The van der Waals surface area contributed by atoms with E-state index < -0.39 is 0 Å². The van der Waals surface area contributed by atoms with E-state index in [4.69, 9.17) is 5.73 Å². The molecule has 2 fully saturated rings. The molecule has 4 heteroatoms. The first-order valence-electron chi connectivity index (χ1n) is 8.26. The predicted molar refractivity (Wildman–Crippen MR) is 82.5 cm³/mol. The van der Waals surface area contributed by atoms with Crippen LogP contribution in [0.15, 0.2) is 0 Å². The number of hydrogen-bond acceptors (Lipinski definition) is 3. The fraction of sp³-hybridized carbons (Fsp3) is 0.938. The Bertz CT molecular complexity index is 328. The molecular formula is C16H31N3O. The molecule has 1 saturated carbocycles. The van der Waals surface area contributed by atoms with Crippen molar-refractivity contribution in [2.45, 2.75) is 57.4 Å². The zero-order valence-electron chi connectivity index (χ0n) is 13.2. The number of nitrogens with zero attached hydrogens (tertiary/aromatic N) is 2. The smallest absolute Gasteiger partial charge is 0.236 e. The number of nitrogens with two attached hydrogens (primary N) is 1. The van der Waals surface area contributed by atoms with Crippen LogP contribution in [-0.4, -0.2) is 54.5 Å². The number of carbonyl (C=O) groups excluding carboxylic acids is 1. The van der Waals surface area contributed by atoms with Crippen molar-refractivity contribution in [3.63, 3.8) is 0 Å². The first-order chi connectivity index (χ1) is 9.57. The molecule has 2 rings (SSSR count). The van der Waals surface area contributed by atoms with Gasteiger partial charge in [0.2, 0.25) is 5.91 Å². The molecule has 1 amide bonds. The van der Waals surface area contributed by atoms with E-state index in [1.165, 1.54) is 19.3 Å². The minimum atomic E-state index is 0.0448. The molecule has 0 aromatic rings. The minimum Gasteiger partial charge on any atom is -0.342 e. The molecular weight excluding hydrogens is 250 g/mol. The van der Waals surface area contributed by atoms with Gasteiger partial charge >= 0.3 is 0 Å². The summed E-state index contributed by atoms with van der Waals surface area (Å²) in [5, 5.41) is 0. The number of amides is 1. The Morgan fingerprint density at radius 3 is 2.60 bits per heavy atom. The number of rotatable bonds is 4. The monoisotopic (exact) mass is 281 g/mol. The van der Waals surface area contributed by atoms with Gasteiger partial charge in [-0.25, -0.2) is 0 Å². The summed E-state index contributed by atoms with van der Waals surface area (Å²) >= 11 is 0. The third-order valence-corrected chi connectivity index (χ3v) is 5.34. The van der Waals surface area contributed by atoms with Crippen LogP contribution in [0, 0.1) is 5.92 Å². The Hall–Kier alpha value is -0.610. The van der Waals surface area contributed by atoms with Gasteiger partial charge in [0, 0.05) is 25.2 Å². The fourth-order valence-corrected chi connectivity index (χ4v) is 3.93. The second kappa shape index (κ2) is 6.90. The van der Waals surface area contributed by atoms with Crippen molar-refractivity contribution in [2.75, 3.05) is 33.2 Å². The molecule has 0 aromatic heterocycles. The van der Waals surface area contributed by atoms with Crippen molar-refractivity contribution in [2.24, 2.45) is 11.7 Å². The van der Waals surface area contributed by atoms with E-state index in [2.05, 4.69) is 18.9 Å². The van der Waals surface area contributed by atoms with Crippen molar-refractivity contribution in [3.05, 3.63) is 0 Å². The third-order valence-electron chi connectivity index (χ3n) is 5.34. The van der Waals surface area contributed by atoms with Crippen LogP contribution >= 0.6 is 0 Å². The van der Waals surface area contributed by atoms with Gasteiger partial charge in [0.25, 0.3) is 0 Å². The summed E-state index contributed by atoms with van der Waals surface area (Å²) in [6, 6.07) is 0. The molecule has 0 radical (unpaired) electrons. The van der Waals surface area contributed by atoms with E-state index in [-0.39, 0.29) is 5.54 Å². The Morgan fingerprint density at radius 1 is 1.30 bits per heavy atom. The molecule has 1 aliphatic heterocycles. The molecule has 1 aliphatic carbocycles. The highest BCUT2D eigenvalue weighted by atomic mass is 16.2. The highest BCUT2D eigenvalue weighted by molar-refractivity contribution is 5.78. The number of hydrogen-bond donors (Lipinski definition) is 1. The van der Waals surface area contributed by atoms with Crippen molar-refractivity contribution < 1.29 is 4.79 Å². The van der Waals surface area contributed by atoms with Crippen LogP contribution in [-0.2, 0) is 4.79 Å². The Labute approximate surface area is 123 Å². The summed E-state index contributed by atoms with van der Waals surface area (Å²) in [6.45, 7) is 5.40. The number of likely N-dealkylation sites (tertiary alicyclic amines) is 1. The van der Waals surface area contributed by atoms with Crippen molar-refractivity contribution in [3.8, 4) is 0 Å². The maximum Gasteiger partial charge on any atom is 0.236 e. The van der Waals surface area contributed by atoms with E-state index in [0.29, 0.717) is 19.0 Å². The Balaban J connectivity index is 1.94. The molecule has 116 valence electrons. The highest BCUT2D eigenvalue weighted by Crippen LogP contribution is 2.35. The fourth-order valence-electron chi connectivity index (χ4n) is 3.93. The zero-order chi connectivity index (χ0) is 14.6. The third kappa shape index (κ3) is 3.53. The molecule has 0 spiro atoms. The second-order valence-corrected chi connectivity index (χ2v) is 6.93. The summed E-state index contributed by atoms with van der Waals surface area (Å²) in [4.78, 5) is 16.7. The maximum atomic E-state index is 12.4. The van der Waals surface area contributed by atoms with Crippen LogP contribution < -0.4 is 5.73 Å². The van der Waals surface area contributed by atoms with Gasteiger partial charge in [-0.15, -0.1) is 0 Å². The first kappa shape index (κ1) is 15.8. The molecule has 2 aliphatic rings. The number of piperidine rings is 1. The van der Waals surface area contributed by atoms with E-state index in [9.17, 15) is 4.79 Å². The van der Waals surface area contributed by atoms with Crippen molar-refractivity contribution in [1.82, 2.24) is 9.80 Å². The van der Waals surface area contributed by atoms with Gasteiger partial charge in [0.15, 0.2) is 0 Å². The van der Waals surface area contributed by atoms with Crippen molar-refractivity contribution >= 4 is 5.91 Å². The predicted octanol–water partition coefficient (Wildman–Crippen LogP) is 1.84. The normalized spacial score (nSPS) is 31.6. The summed E-state index contributed by atoms with van der Waals surface area (Å²) in [5.74, 6) is 1.01. The molecule has 0 aromatic carbocycles. The van der Waals surface area contributed by atoms with Gasteiger partial charge < -0.3 is 10.6 Å². The van der Waals surface area contributed by atoms with E-state index in [1.54, 1.807) is 0 Å². The standard InChI is InChI=1S/C16H31N3O/c1-14-7-6-8-16(11-14,13-17)18(2)12-15(20)19-9-4-3-5-10-19/h14H,3-13,17H2,1-2H3. The molecule has 1 saturated heterocycles. The van der Waals surface area contributed by atoms with Crippen LogP contribution in [0.4, 0.5) is 0 Å². The Morgan fingerprint density at radius 2 is 2.00 bits per heavy atom. The second-order valence-electron chi connectivity index (χ2n) is 6.93. The van der Waals surface area contributed by atoms with Gasteiger partial charge in [0.05, 0.1) is 6.54 Å². The molecule has 0 bridgehead atoms. The average Bonchev–Trinajstić information content (AvgIpc) is 2.47. The van der Waals surface area contributed by atoms with Crippen LogP contribution in [0.2, 0.25) is 0 Å². The summed E-state index contributed by atoms with van der Waals surface area (Å²) in [7, 11) is 2.09. The lowest BCUT2D eigenvalue weighted by atomic mass is 9.75.